The van der Waals surface area contributed by atoms with Crippen LogP contribution in [0.5, 0.6) is 5.75 Å². The van der Waals surface area contributed by atoms with Gasteiger partial charge in [0.2, 0.25) is 0 Å². The number of amides is 1. The molecule has 0 unspecified atom stereocenters. The first-order chi connectivity index (χ1) is 12.1. The van der Waals surface area contributed by atoms with Crippen molar-refractivity contribution in [2.45, 2.75) is 51.9 Å². The standard InChI is InChI=1S/C19H26FNO5/c1-12-6-7-15(9-16(12)17(22)24-5)25-11-14-8-13(20)10-21(14)18(23)26-19(2,3)4/h6-7,9,13-14H,8,10-11H2,1-5H3/t13-,14+/m1/s1. The lowest BCUT2D eigenvalue weighted by Gasteiger charge is -2.28. The van der Waals surface area contributed by atoms with Crippen molar-refractivity contribution in [2.75, 3.05) is 20.3 Å². The van der Waals surface area contributed by atoms with Crippen LogP contribution < -0.4 is 4.74 Å². The number of benzene rings is 1. The van der Waals surface area contributed by atoms with E-state index < -0.39 is 29.9 Å². The Morgan fingerprint density at radius 1 is 1.31 bits per heavy atom. The van der Waals surface area contributed by atoms with Gasteiger partial charge in [-0.15, -0.1) is 0 Å². The van der Waals surface area contributed by atoms with Crippen molar-refractivity contribution in [3.05, 3.63) is 29.3 Å². The molecule has 0 saturated carbocycles. The number of nitrogens with zero attached hydrogens (tertiary/aromatic N) is 1. The number of hydrogen-bond acceptors (Lipinski definition) is 5. The number of likely N-dealkylation sites (tertiary alicyclic amines) is 1. The quantitative estimate of drug-likeness (QED) is 0.762. The van der Waals surface area contributed by atoms with Gasteiger partial charge < -0.3 is 14.2 Å². The third kappa shape index (κ3) is 5.09. The topological polar surface area (TPSA) is 65.1 Å². The maximum Gasteiger partial charge on any atom is 0.410 e. The Labute approximate surface area is 153 Å². The van der Waals surface area contributed by atoms with E-state index in [1.165, 1.54) is 12.0 Å². The minimum atomic E-state index is -1.11. The van der Waals surface area contributed by atoms with Crippen LogP contribution in [0, 0.1) is 6.92 Å². The molecule has 1 aliphatic rings. The fourth-order valence-corrected chi connectivity index (χ4v) is 2.77. The first kappa shape index (κ1) is 20.0. The molecule has 0 spiro atoms. The molecule has 26 heavy (non-hydrogen) atoms. The summed E-state index contributed by atoms with van der Waals surface area (Å²) in [5, 5.41) is 0. The van der Waals surface area contributed by atoms with Crippen molar-refractivity contribution in [1.29, 1.82) is 0 Å². The van der Waals surface area contributed by atoms with Crippen LogP contribution in [0.3, 0.4) is 0 Å². The van der Waals surface area contributed by atoms with E-state index in [-0.39, 0.29) is 19.6 Å². The smallest absolute Gasteiger partial charge is 0.410 e. The summed E-state index contributed by atoms with van der Waals surface area (Å²) in [4.78, 5) is 25.4. The molecule has 0 bridgehead atoms. The molecule has 1 aromatic rings. The highest BCUT2D eigenvalue weighted by Gasteiger charge is 2.38. The molecular formula is C19H26FNO5. The molecule has 1 amide bonds. The second-order valence-corrected chi connectivity index (χ2v) is 7.40. The number of halogens is 1. The molecular weight excluding hydrogens is 341 g/mol. The van der Waals surface area contributed by atoms with Gasteiger partial charge in [0.1, 0.15) is 24.1 Å². The highest BCUT2D eigenvalue weighted by molar-refractivity contribution is 5.91. The maximum absolute atomic E-state index is 13.8. The highest BCUT2D eigenvalue weighted by Crippen LogP contribution is 2.25. The number of esters is 1. The lowest BCUT2D eigenvalue weighted by Crippen LogP contribution is -2.42. The second kappa shape index (κ2) is 7.93. The van der Waals surface area contributed by atoms with E-state index in [0.29, 0.717) is 11.3 Å². The zero-order valence-electron chi connectivity index (χ0n) is 15.9. The van der Waals surface area contributed by atoms with Crippen LogP contribution in [0.15, 0.2) is 18.2 Å². The molecule has 6 nitrogen and oxygen atoms in total. The number of hydrogen-bond donors (Lipinski definition) is 0. The van der Waals surface area contributed by atoms with Gasteiger partial charge in [0, 0.05) is 6.42 Å². The van der Waals surface area contributed by atoms with Crippen molar-refractivity contribution in [3.63, 3.8) is 0 Å². The Morgan fingerprint density at radius 2 is 2.00 bits per heavy atom. The molecule has 1 aromatic carbocycles. The minimum absolute atomic E-state index is 0.00967. The van der Waals surface area contributed by atoms with Gasteiger partial charge in [0.05, 0.1) is 25.3 Å². The van der Waals surface area contributed by atoms with Gasteiger partial charge in [0.25, 0.3) is 0 Å². The lowest BCUT2D eigenvalue weighted by molar-refractivity contribution is 0.0181. The van der Waals surface area contributed by atoms with Crippen molar-refractivity contribution in [3.8, 4) is 5.75 Å². The molecule has 0 aromatic heterocycles. The van der Waals surface area contributed by atoms with Crippen LogP contribution in [-0.2, 0) is 9.47 Å². The summed E-state index contributed by atoms with van der Waals surface area (Å²) in [5.41, 5.74) is 0.525. The predicted octanol–water partition coefficient (Wildman–Crippen LogP) is 3.51. The second-order valence-electron chi connectivity index (χ2n) is 7.40. The number of ether oxygens (including phenoxy) is 3. The van der Waals surface area contributed by atoms with E-state index >= 15 is 0 Å². The summed E-state index contributed by atoms with van der Waals surface area (Å²) in [5.74, 6) is 0.00969. The molecule has 0 radical (unpaired) electrons. The van der Waals surface area contributed by atoms with E-state index in [9.17, 15) is 14.0 Å². The molecule has 2 rings (SSSR count). The van der Waals surface area contributed by atoms with Crippen molar-refractivity contribution in [2.24, 2.45) is 0 Å². The summed E-state index contributed by atoms with van der Waals surface area (Å²) in [7, 11) is 1.31. The first-order valence-corrected chi connectivity index (χ1v) is 8.56. The number of alkyl halides is 1. The number of aryl methyl sites for hydroxylation is 1. The van der Waals surface area contributed by atoms with Crippen LogP contribution >= 0.6 is 0 Å². The van der Waals surface area contributed by atoms with Crippen LogP contribution in [0.1, 0.15) is 43.1 Å². The molecule has 7 heteroatoms. The average Bonchev–Trinajstić information content (AvgIpc) is 2.93. The van der Waals surface area contributed by atoms with Gasteiger partial charge in [-0.1, -0.05) is 6.07 Å². The van der Waals surface area contributed by atoms with Gasteiger partial charge >= 0.3 is 12.1 Å². The Hall–Kier alpha value is -2.31. The third-order valence-corrected chi connectivity index (χ3v) is 4.05. The van der Waals surface area contributed by atoms with Gasteiger partial charge in [-0.25, -0.2) is 14.0 Å². The van der Waals surface area contributed by atoms with Crippen LogP contribution in [0.4, 0.5) is 9.18 Å². The summed E-state index contributed by atoms with van der Waals surface area (Å²) in [6.45, 7) is 7.19. The monoisotopic (exact) mass is 367 g/mol. The average molecular weight is 367 g/mol. The normalized spacial score (nSPS) is 20.0. The van der Waals surface area contributed by atoms with Crippen molar-refractivity contribution in [1.82, 2.24) is 4.90 Å². The molecule has 0 aliphatic carbocycles. The van der Waals surface area contributed by atoms with Crippen molar-refractivity contribution >= 4 is 12.1 Å². The van der Waals surface area contributed by atoms with E-state index in [0.717, 1.165) is 5.56 Å². The SMILES string of the molecule is COC(=O)c1cc(OC[C@@H]2C[C@@H](F)CN2C(=O)OC(C)(C)C)ccc1C. The Balaban J connectivity index is 2.05. The Bertz CT molecular complexity index is 670. The lowest BCUT2D eigenvalue weighted by atomic mass is 10.1. The Kier molecular flexibility index (Phi) is 6.10. The van der Waals surface area contributed by atoms with Crippen LogP contribution in [0.25, 0.3) is 0 Å². The van der Waals surface area contributed by atoms with Crippen molar-refractivity contribution < 1.29 is 28.2 Å². The molecule has 144 valence electrons. The molecule has 1 heterocycles. The molecule has 0 N–H and O–H groups in total. The minimum Gasteiger partial charge on any atom is -0.491 e. The zero-order valence-corrected chi connectivity index (χ0v) is 15.9. The largest absolute Gasteiger partial charge is 0.491 e. The predicted molar refractivity (Wildman–Crippen MR) is 94.3 cm³/mol. The van der Waals surface area contributed by atoms with E-state index in [1.54, 1.807) is 45.9 Å². The van der Waals surface area contributed by atoms with E-state index in [4.69, 9.17) is 14.2 Å². The first-order valence-electron chi connectivity index (χ1n) is 8.56. The molecule has 1 aliphatic heterocycles. The number of carbonyl (C=O) groups excluding carboxylic acids is 2. The van der Waals surface area contributed by atoms with Gasteiger partial charge in [0.15, 0.2) is 0 Å². The fraction of sp³-hybridized carbons (Fsp3) is 0.579. The zero-order chi connectivity index (χ0) is 19.5. The third-order valence-electron chi connectivity index (χ3n) is 4.05. The van der Waals surface area contributed by atoms with Gasteiger partial charge in [-0.2, -0.15) is 0 Å². The highest BCUT2D eigenvalue weighted by atomic mass is 19.1. The van der Waals surface area contributed by atoms with Gasteiger partial charge in [-0.3, -0.25) is 4.90 Å². The molecule has 2 atom stereocenters. The van der Waals surface area contributed by atoms with Crippen LogP contribution in [-0.4, -0.2) is 55.0 Å². The molecule has 1 fully saturated rings. The Morgan fingerprint density at radius 3 is 2.62 bits per heavy atom. The number of rotatable bonds is 4. The van der Waals surface area contributed by atoms with E-state index in [2.05, 4.69) is 0 Å². The summed E-state index contributed by atoms with van der Waals surface area (Å²) >= 11 is 0. The van der Waals surface area contributed by atoms with E-state index in [1.807, 2.05) is 0 Å². The van der Waals surface area contributed by atoms with Gasteiger partial charge in [-0.05, 0) is 45.4 Å². The summed E-state index contributed by atoms with van der Waals surface area (Å²) in [6.07, 6.45) is -1.47. The molecule has 1 saturated heterocycles. The van der Waals surface area contributed by atoms with Crippen LogP contribution in [0.2, 0.25) is 0 Å². The fourth-order valence-electron chi connectivity index (χ4n) is 2.77. The summed E-state index contributed by atoms with van der Waals surface area (Å²) < 4.78 is 29.6. The summed E-state index contributed by atoms with van der Waals surface area (Å²) in [6, 6.07) is 4.63. The number of carbonyl (C=O) groups is 2. The number of methoxy groups -OCH3 is 1. The maximum atomic E-state index is 13.8.